The van der Waals surface area contributed by atoms with E-state index in [-0.39, 0.29) is 11.2 Å². The second kappa shape index (κ2) is 6.95. The van der Waals surface area contributed by atoms with Gasteiger partial charge in [0, 0.05) is 28.9 Å². The molecule has 0 bridgehead atoms. The second-order valence-corrected chi connectivity index (χ2v) is 5.21. The zero-order valence-electron chi connectivity index (χ0n) is 9.08. The molecule has 5 heteroatoms. The van der Waals surface area contributed by atoms with E-state index in [2.05, 4.69) is 5.32 Å². The summed E-state index contributed by atoms with van der Waals surface area (Å²) in [6.07, 6.45) is 3.04. The van der Waals surface area contributed by atoms with Gasteiger partial charge in [-0.25, -0.2) is 0 Å². The third kappa shape index (κ3) is 5.34. The number of rotatable bonds is 6. The van der Waals surface area contributed by atoms with Crippen molar-refractivity contribution in [1.29, 1.82) is 0 Å². The van der Waals surface area contributed by atoms with Crippen LogP contribution < -0.4 is 11.1 Å². The summed E-state index contributed by atoms with van der Waals surface area (Å²) in [7, 11) is -0.820. The number of carbonyl (C=O) groups is 1. The molecule has 0 rings (SSSR count). The van der Waals surface area contributed by atoms with Crippen molar-refractivity contribution in [3.05, 3.63) is 0 Å². The Bertz CT molecular complexity index is 209. The number of carbonyl (C=O) groups excluding carboxylic acids is 1. The minimum absolute atomic E-state index is 0.119. The summed E-state index contributed by atoms with van der Waals surface area (Å²) < 4.78 is 11.0. The van der Waals surface area contributed by atoms with Gasteiger partial charge >= 0.3 is 0 Å². The van der Waals surface area contributed by atoms with Crippen LogP contribution in [0.2, 0.25) is 0 Å². The topological polar surface area (TPSA) is 72.2 Å². The average Bonchev–Trinajstić information content (AvgIpc) is 2.15. The molecule has 0 aromatic rings. The van der Waals surface area contributed by atoms with E-state index in [1.807, 2.05) is 13.8 Å². The van der Waals surface area contributed by atoms with Crippen LogP contribution in [0.3, 0.4) is 0 Å². The normalized spacial score (nSPS) is 17.1. The highest BCUT2D eigenvalue weighted by Crippen LogP contribution is 1.97. The van der Waals surface area contributed by atoms with Gasteiger partial charge in [0.15, 0.2) is 0 Å². The van der Waals surface area contributed by atoms with Crippen LogP contribution in [0.4, 0.5) is 0 Å². The molecule has 3 atom stereocenters. The smallest absolute Gasteiger partial charge is 0.236 e. The zero-order valence-corrected chi connectivity index (χ0v) is 9.89. The van der Waals surface area contributed by atoms with Crippen molar-refractivity contribution < 1.29 is 9.00 Å². The van der Waals surface area contributed by atoms with Crippen molar-refractivity contribution in [3.8, 4) is 0 Å². The number of nitrogens with two attached hydrogens (primary N) is 1. The SMILES string of the molecule is CCC(N)C(=O)NCCC(C)S(C)=O. The van der Waals surface area contributed by atoms with E-state index in [1.54, 1.807) is 6.26 Å². The second-order valence-electron chi connectivity index (χ2n) is 3.40. The number of hydrogen-bond donors (Lipinski definition) is 2. The molecule has 0 aromatic heterocycles. The third-order valence-electron chi connectivity index (χ3n) is 2.19. The van der Waals surface area contributed by atoms with E-state index in [0.717, 1.165) is 6.42 Å². The maximum absolute atomic E-state index is 11.2. The Hall–Kier alpha value is -0.420. The Balaban J connectivity index is 3.64. The van der Waals surface area contributed by atoms with Crippen LogP contribution in [0.15, 0.2) is 0 Å². The quantitative estimate of drug-likeness (QED) is 0.661. The largest absolute Gasteiger partial charge is 0.355 e. The molecule has 14 heavy (non-hydrogen) atoms. The fourth-order valence-electron chi connectivity index (χ4n) is 0.881. The highest BCUT2D eigenvalue weighted by Gasteiger charge is 2.11. The lowest BCUT2D eigenvalue weighted by atomic mass is 10.2. The maximum atomic E-state index is 11.2. The highest BCUT2D eigenvalue weighted by molar-refractivity contribution is 7.84. The third-order valence-corrected chi connectivity index (χ3v) is 3.56. The molecule has 0 aliphatic heterocycles. The highest BCUT2D eigenvalue weighted by atomic mass is 32.2. The first-order valence-electron chi connectivity index (χ1n) is 4.84. The Morgan fingerprint density at radius 1 is 1.57 bits per heavy atom. The summed E-state index contributed by atoms with van der Waals surface area (Å²) in [5, 5.41) is 2.84. The van der Waals surface area contributed by atoms with E-state index in [9.17, 15) is 9.00 Å². The van der Waals surface area contributed by atoms with Crippen LogP contribution in [-0.2, 0) is 15.6 Å². The molecule has 0 heterocycles. The van der Waals surface area contributed by atoms with E-state index >= 15 is 0 Å². The standard InChI is InChI=1S/C9H20N2O2S/c1-4-8(10)9(12)11-6-5-7(2)14(3)13/h7-8H,4-6,10H2,1-3H3,(H,11,12). The molecule has 0 saturated heterocycles. The summed E-state index contributed by atoms with van der Waals surface area (Å²) in [5.41, 5.74) is 5.52. The van der Waals surface area contributed by atoms with Gasteiger partial charge in [-0.15, -0.1) is 0 Å². The van der Waals surface area contributed by atoms with Gasteiger partial charge in [-0.05, 0) is 12.8 Å². The van der Waals surface area contributed by atoms with Crippen molar-refractivity contribution in [3.63, 3.8) is 0 Å². The molecule has 0 aliphatic carbocycles. The Labute approximate surface area is 88.1 Å². The van der Waals surface area contributed by atoms with Gasteiger partial charge in [-0.2, -0.15) is 0 Å². The fourth-order valence-corrected chi connectivity index (χ4v) is 1.33. The molecule has 0 aliphatic rings. The van der Waals surface area contributed by atoms with E-state index in [1.165, 1.54) is 0 Å². The first-order valence-corrected chi connectivity index (χ1v) is 6.46. The summed E-state index contributed by atoms with van der Waals surface area (Å²) in [6.45, 7) is 4.32. The molecule has 4 nitrogen and oxygen atoms in total. The van der Waals surface area contributed by atoms with Crippen molar-refractivity contribution in [2.24, 2.45) is 5.73 Å². The molecule has 3 unspecified atom stereocenters. The van der Waals surface area contributed by atoms with Crippen LogP contribution in [0.1, 0.15) is 26.7 Å². The van der Waals surface area contributed by atoms with Crippen LogP contribution in [0.5, 0.6) is 0 Å². The summed E-state index contributed by atoms with van der Waals surface area (Å²) in [6, 6.07) is -0.419. The summed E-state index contributed by atoms with van der Waals surface area (Å²) >= 11 is 0. The molecule has 1 amide bonds. The van der Waals surface area contributed by atoms with Crippen molar-refractivity contribution >= 4 is 16.7 Å². The molecular formula is C9H20N2O2S. The Morgan fingerprint density at radius 3 is 2.57 bits per heavy atom. The van der Waals surface area contributed by atoms with Gasteiger partial charge < -0.3 is 11.1 Å². The van der Waals surface area contributed by atoms with E-state index in [4.69, 9.17) is 5.73 Å². The monoisotopic (exact) mass is 220 g/mol. The van der Waals surface area contributed by atoms with E-state index < -0.39 is 16.8 Å². The lowest BCUT2D eigenvalue weighted by Crippen LogP contribution is -2.41. The van der Waals surface area contributed by atoms with Crippen molar-refractivity contribution in [2.45, 2.75) is 38.0 Å². The van der Waals surface area contributed by atoms with E-state index in [0.29, 0.717) is 13.0 Å². The Morgan fingerprint density at radius 2 is 2.14 bits per heavy atom. The van der Waals surface area contributed by atoms with Crippen LogP contribution >= 0.6 is 0 Å². The maximum Gasteiger partial charge on any atom is 0.236 e. The van der Waals surface area contributed by atoms with Gasteiger partial charge in [0.1, 0.15) is 0 Å². The van der Waals surface area contributed by atoms with Crippen LogP contribution in [0, 0.1) is 0 Å². The van der Waals surface area contributed by atoms with Gasteiger partial charge in [0.05, 0.1) is 6.04 Å². The van der Waals surface area contributed by atoms with Crippen molar-refractivity contribution in [1.82, 2.24) is 5.32 Å². The fraction of sp³-hybridized carbons (Fsp3) is 0.889. The lowest BCUT2D eigenvalue weighted by molar-refractivity contribution is -0.122. The Kier molecular flexibility index (Phi) is 6.74. The molecule has 0 fully saturated rings. The zero-order chi connectivity index (χ0) is 11.1. The molecule has 3 N–H and O–H groups in total. The molecule has 0 aromatic carbocycles. The molecule has 84 valence electrons. The predicted molar refractivity (Wildman–Crippen MR) is 59.4 cm³/mol. The first kappa shape index (κ1) is 13.6. The van der Waals surface area contributed by atoms with Crippen LogP contribution in [0.25, 0.3) is 0 Å². The number of nitrogens with one attached hydrogen (secondary N) is 1. The molecule has 0 saturated carbocycles. The summed E-state index contributed by atoms with van der Waals surface area (Å²) in [5.74, 6) is -0.124. The molecule has 0 radical (unpaired) electrons. The molecular weight excluding hydrogens is 200 g/mol. The molecule has 0 spiro atoms. The number of hydrogen-bond acceptors (Lipinski definition) is 3. The van der Waals surface area contributed by atoms with Crippen LogP contribution in [-0.4, -0.2) is 34.2 Å². The predicted octanol–water partition coefficient (Wildman–Crippen LogP) is -0.00300. The van der Waals surface area contributed by atoms with Gasteiger partial charge in [-0.3, -0.25) is 9.00 Å². The van der Waals surface area contributed by atoms with Gasteiger partial charge in [0.25, 0.3) is 0 Å². The minimum Gasteiger partial charge on any atom is -0.355 e. The van der Waals surface area contributed by atoms with Gasteiger partial charge in [-0.1, -0.05) is 13.8 Å². The summed E-state index contributed by atoms with van der Waals surface area (Å²) in [4.78, 5) is 11.2. The van der Waals surface area contributed by atoms with Crippen molar-refractivity contribution in [2.75, 3.05) is 12.8 Å². The lowest BCUT2D eigenvalue weighted by Gasteiger charge is -2.12. The average molecular weight is 220 g/mol. The first-order chi connectivity index (χ1) is 6.49. The van der Waals surface area contributed by atoms with Gasteiger partial charge in [0.2, 0.25) is 5.91 Å². The minimum atomic E-state index is -0.820. The number of amides is 1.